The Morgan fingerprint density at radius 2 is 1.50 bits per heavy atom. The van der Waals surface area contributed by atoms with Crippen LogP contribution in [0.5, 0.6) is 0 Å². The molecule has 0 saturated heterocycles. The number of allylic oxidation sites excluding steroid dienone is 3. The Morgan fingerprint density at radius 1 is 1.00 bits per heavy atom. The Labute approximate surface area is 100 Å². The molecule has 0 aromatic carbocycles. The molecular formula is C14H26O2. The second-order valence-electron chi connectivity index (χ2n) is 3.64. The number of carboxylic acids is 1. The zero-order chi connectivity index (χ0) is 12.6. The first-order valence-electron chi connectivity index (χ1n) is 6.21. The molecule has 0 atom stereocenters. The van der Waals surface area contributed by atoms with E-state index in [-0.39, 0.29) is 0 Å². The minimum absolute atomic E-state index is 0.914. The minimum Gasteiger partial charge on any atom is -0.478 e. The van der Waals surface area contributed by atoms with Gasteiger partial charge in [0.1, 0.15) is 0 Å². The number of aliphatic carboxylic acids is 1. The molecule has 2 heteroatoms. The van der Waals surface area contributed by atoms with Gasteiger partial charge in [-0.1, -0.05) is 70.6 Å². The van der Waals surface area contributed by atoms with Crippen molar-refractivity contribution in [1.82, 2.24) is 0 Å². The van der Waals surface area contributed by atoms with Crippen LogP contribution in [-0.4, -0.2) is 11.1 Å². The van der Waals surface area contributed by atoms with E-state index in [9.17, 15) is 4.79 Å². The highest BCUT2D eigenvalue weighted by Gasteiger charge is 1.83. The van der Waals surface area contributed by atoms with Gasteiger partial charge in [0.2, 0.25) is 0 Å². The van der Waals surface area contributed by atoms with Crippen molar-refractivity contribution in [3.8, 4) is 0 Å². The average molecular weight is 226 g/mol. The Bertz CT molecular complexity index is 187. The summed E-state index contributed by atoms with van der Waals surface area (Å²) in [7, 11) is 0. The lowest BCUT2D eigenvalue weighted by Crippen LogP contribution is -1.83. The fraction of sp³-hybridized carbons (Fsp3) is 0.643. The van der Waals surface area contributed by atoms with Crippen molar-refractivity contribution in [1.29, 1.82) is 0 Å². The third-order valence-electron chi connectivity index (χ3n) is 2.00. The molecule has 0 amide bonds. The van der Waals surface area contributed by atoms with Gasteiger partial charge in [0, 0.05) is 6.08 Å². The van der Waals surface area contributed by atoms with E-state index in [1.807, 2.05) is 6.92 Å². The first-order chi connectivity index (χ1) is 7.68. The second kappa shape index (κ2) is 16.4. The average Bonchev–Trinajstić information content (AvgIpc) is 2.25. The molecular weight excluding hydrogens is 200 g/mol. The smallest absolute Gasteiger partial charge is 0.328 e. The number of carbonyl (C=O) groups is 1. The van der Waals surface area contributed by atoms with Crippen LogP contribution in [0.4, 0.5) is 0 Å². The van der Waals surface area contributed by atoms with Crippen LogP contribution in [0.25, 0.3) is 0 Å². The lowest BCUT2D eigenvalue weighted by molar-refractivity contribution is -0.131. The van der Waals surface area contributed by atoms with E-state index in [0.29, 0.717) is 0 Å². The number of hydrogen-bond acceptors (Lipinski definition) is 1. The van der Waals surface area contributed by atoms with Crippen LogP contribution in [0.1, 0.15) is 59.3 Å². The third kappa shape index (κ3) is 23.1. The van der Waals surface area contributed by atoms with E-state index >= 15 is 0 Å². The first kappa shape index (κ1) is 17.3. The molecule has 0 rings (SSSR count). The van der Waals surface area contributed by atoms with Crippen LogP contribution in [0.15, 0.2) is 24.3 Å². The predicted octanol–water partition coefficient (Wildman–Crippen LogP) is 4.57. The van der Waals surface area contributed by atoms with Crippen molar-refractivity contribution >= 4 is 5.97 Å². The van der Waals surface area contributed by atoms with Crippen LogP contribution < -0.4 is 0 Å². The van der Waals surface area contributed by atoms with E-state index in [1.54, 1.807) is 12.2 Å². The zero-order valence-corrected chi connectivity index (χ0v) is 10.9. The van der Waals surface area contributed by atoms with Gasteiger partial charge in [-0.25, -0.2) is 4.79 Å². The fourth-order valence-electron chi connectivity index (χ4n) is 1.10. The van der Waals surface area contributed by atoms with E-state index in [2.05, 4.69) is 13.8 Å². The molecule has 0 fully saturated rings. The zero-order valence-electron chi connectivity index (χ0n) is 10.9. The van der Waals surface area contributed by atoms with Crippen molar-refractivity contribution in [2.75, 3.05) is 0 Å². The fourth-order valence-corrected chi connectivity index (χ4v) is 1.10. The maximum atomic E-state index is 9.75. The molecule has 1 N–H and O–H groups in total. The summed E-state index contributed by atoms with van der Waals surface area (Å²) in [6, 6.07) is 0. The Balaban J connectivity index is 0. The molecule has 0 aliphatic carbocycles. The van der Waals surface area contributed by atoms with Gasteiger partial charge in [-0.15, -0.1) is 0 Å². The van der Waals surface area contributed by atoms with Crippen LogP contribution in [0.3, 0.4) is 0 Å². The van der Waals surface area contributed by atoms with E-state index in [4.69, 9.17) is 5.11 Å². The monoisotopic (exact) mass is 226 g/mol. The molecule has 0 radical (unpaired) electrons. The molecule has 0 saturated carbocycles. The molecule has 0 unspecified atom stereocenters. The predicted molar refractivity (Wildman–Crippen MR) is 70.6 cm³/mol. The van der Waals surface area contributed by atoms with Crippen molar-refractivity contribution < 1.29 is 9.90 Å². The highest BCUT2D eigenvalue weighted by molar-refractivity contribution is 5.80. The van der Waals surface area contributed by atoms with Gasteiger partial charge < -0.3 is 5.11 Å². The lowest BCUT2D eigenvalue weighted by Gasteiger charge is -1.93. The van der Waals surface area contributed by atoms with Crippen molar-refractivity contribution in [2.24, 2.45) is 0 Å². The highest BCUT2D eigenvalue weighted by atomic mass is 16.4. The quantitative estimate of drug-likeness (QED) is 0.392. The van der Waals surface area contributed by atoms with Crippen LogP contribution in [0.2, 0.25) is 0 Å². The molecule has 0 heterocycles. The SMILES string of the molecule is C/C=C/C=C/C(=O)O.CCCCCCCC. The molecule has 0 aromatic heterocycles. The van der Waals surface area contributed by atoms with E-state index in [0.717, 1.165) is 6.08 Å². The summed E-state index contributed by atoms with van der Waals surface area (Å²) >= 11 is 0. The van der Waals surface area contributed by atoms with Gasteiger partial charge >= 0.3 is 5.97 Å². The summed E-state index contributed by atoms with van der Waals surface area (Å²) in [6.07, 6.45) is 14.5. The normalized spacial score (nSPS) is 10.4. The number of hydrogen-bond donors (Lipinski definition) is 1. The summed E-state index contributed by atoms with van der Waals surface area (Å²) in [5.74, 6) is -0.914. The van der Waals surface area contributed by atoms with Crippen molar-refractivity contribution in [2.45, 2.75) is 59.3 Å². The summed E-state index contributed by atoms with van der Waals surface area (Å²) in [6.45, 7) is 6.34. The van der Waals surface area contributed by atoms with E-state index < -0.39 is 5.97 Å². The molecule has 2 nitrogen and oxygen atoms in total. The largest absolute Gasteiger partial charge is 0.478 e. The third-order valence-corrected chi connectivity index (χ3v) is 2.00. The van der Waals surface area contributed by atoms with Crippen LogP contribution in [-0.2, 0) is 4.79 Å². The first-order valence-corrected chi connectivity index (χ1v) is 6.21. The Hall–Kier alpha value is -1.05. The van der Waals surface area contributed by atoms with Gasteiger partial charge in [0.05, 0.1) is 0 Å². The Kier molecular flexibility index (Phi) is 17.8. The summed E-state index contributed by atoms with van der Waals surface area (Å²) < 4.78 is 0. The molecule has 16 heavy (non-hydrogen) atoms. The van der Waals surface area contributed by atoms with Crippen LogP contribution >= 0.6 is 0 Å². The maximum absolute atomic E-state index is 9.75. The second-order valence-corrected chi connectivity index (χ2v) is 3.64. The van der Waals surface area contributed by atoms with E-state index in [1.165, 1.54) is 44.6 Å². The van der Waals surface area contributed by atoms with Gasteiger partial charge in [0.25, 0.3) is 0 Å². The number of rotatable bonds is 7. The standard InChI is InChI=1S/C8H18.C6H8O2/c1-3-5-7-8-6-4-2;1-2-3-4-5-6(7)8/h3-8H2,1-2H3;2-5H,1H3,(H,7,8)/b;3-2+,5-4+. The number of carboxylic acid groups (broad SMARTS) is 1. The maximum Gasteiger partial charge on any atom is 0.328 e. The van der Waals surface area contributed by atoms with Gasteiger partial charge in [-0.05, 0) is 6.92 Å². The van der Waals surface area contributed by atoms with Gasteiger partial charge in [-0.2, -0.15) is 0 Å². The topological polar surface area (TPSA) is 37.3 Å². The Morgan fingerprint density at radius 3 is 1.81 bits per heavy atom. The van der Waals surface area contributed by atoms with Gasteiger partial charge in [-0.3, -0.25) is 0 Å². The summed E-state index contributed by atoms with van der Waals surface area (Å²) in [5, 5.41) is 8.02. The highest BCUT2D eigenvalue weighted by Crippen LogP contribution is 2.03. The minimum atomic E-state index is -0.914. The molecule has 0 spiro atoms. The summed E-state index contributed by atoms with van der Waals surface area (Å²) in [5.41, 5.74) is 0. The number of unbranched alkanes of at least 4 members (excludes halogenated alkanes) is 5. The molecule has 94 valence electrons. The van der Waals surface area contributed by atoms with Crippen molar-refractivity contribution in [3.05, 3.63) is 24.3 Å². The molecule has 0 bridgehead atoms. The molecule has 0 aliphatic heterocycles. The molecule has 0 aliphatic rings. The summed E-state index contributed by atoms with van der Waals surface area (Å²) in [4.78, 5) is 9.75. The van der Waals surface area contributed by atoms with Crippen LogP contribution in [0, 0.1) is 0 Å². The van der Waals surface area contributed by atoms with Crippen molar-refractivity contribution in [3.63, 3.8) is 0 Å². The lowest BCUT2D eigenvalue weighted by atomic mass is 10.1. The molecule has 0 aromatic rings. The van der Waals surface area contributed by atoms with Gasteiger partial charge in [0.15, 0.2) is 0 Å².